The molecule has 0 spiro atoms. The minimum Gasteiger partial charge on any atom is -0.506 e. The molecule has 1 rings (SSSR count). The summed E-state index contributed by atoms with van der Waals surface area (Å²) in [7, 11) is 0. The van der Waals surface area contributed by atoms with Crippen LogP contribution >= 0.6 is 0 Å². The molecular formula is C6H8O5. The molecule has 0 saturated carbocycles. The molecule has 11 heavy (non-hydrogen) atoms. The van der Waals surface area contributed by atoms with Gasteiger partial charge in [-0.2, -0.15) is 0 Å². The highest BCUT2D eigenvalue weighted by molar-refractivity contribution is 5.87. The Morgan fingerprint density at radius 1 is 1.45 bits per heavy atom. The molecule has 5 nitrogen and oxygen atoms in total. The zero-order valence-electron chi connectivity index (χ0n) is 5.81. The van der Waals surface area contributed by atoms with E-state index in [0.29, 0.717) is 0 Å². The zero-order chi connectivity index (χ0) is 8.59. The van der Waals surface area contributed by atoms with E-state index in [0.717, 1.165) is 0 Å². The maximum Gasteiger partial charge on any atom is 0.377 e. The topological polar surface area (TPSA) is 87.0 Å². The fourth-order valence-electron chi connectivity index (χ4n) is 0.756. The standard InChI is InChI=1S/C6H8O5/c1-2-3(7)4(8)5(9)6(10)11-2/h2-3,7-9H,1H3. The van der Waals surface area contributed by atoms with Crippen LogP contribution in [0.4, 0.5) is 0 Å². The summed E-state index contributed by atoms with van der Waals surface area (Å²) >= 11 is 0. The molecule has 62 valence electrons. The largest absolute Gasteiger partial charge is 0.506 e. The van der Waals surface area contributed by atoms with Gasteiger partial charge in [0.05, 0.1) is 0 Å². The van der Waals surface area contributed by atoms with Crippen molar-refractivity contribution in [1.29, 1.82) is 0 Å². The Labute approximate surface area is 62.5 Å². The maximum absolute atomic E-state index is 10.6. The summed E-state index contributed by atoms with van der Waals surface area (Å²) in [5.74, 6) is -2.66. The van der Waals surface area contributed by atoms with Crippen LogP contribution in [0.15, 0.2) is 11.5 Å². The highest BCUT2D eigenvalue weighted by Gasteiger charge is 2.34. The number of hydrogen-bond acceptors (Lipinski definition) is 5. The molecule has 0 fully saturated rings. The van der Waals surface area contributed by atoms with Gasteiger partial charge in [-0.1, -0.05) is 0 Å². The third kappa shape index (κ3) is 1.14. The van der Waals surface area contributed by atoms with E-state index < -0.39 is 29.7 Å². The van der Waals surface area contributed by atoms with Crippen molar-refractivity contribution in [2.24, 2.45) is 0 Å². The van der Waals surface area contributed by atoms with Gasteiger partial charge in [-0.15, -0.1) is 0 Å². The summed E-state index contributed by atoms with van der Waals surface area (Å²) in [6.07, 6.45) is -2.15. The monoisotopic (exact) mass is 160 g/mol. The van der Waals surface area contributed by atoms with E-state index in [4.69, 9.17) is 15.3 Å². The number of aliphatic hydroxyl groups is 3. The van der Waals surface area contributed by atoms with Gasteiger partial charge in [0.2, 0.25) is 5.76 Å². The quantitative estimate of drug-likeness (QED) is 0.420. The van der Waals surface area contributed by atoms with E-state index >= 15 is 0 Å². The summed E-state index contributed by atoms with van der Waals surface area (Å²) in [6.45, 7) is 1.41. The highest BCUT2D eigenvalue weighted by atomic mass is 16.6. The highest BCUT2D eigenvalue weighted by Crippen LogP contribution is 2.17. The molecule has 1 heterocycles. The van der Waals surface area contributed by atoms with Crippen LogP contribution in [-0.2, 0) is 9.53 Å². The Balaban J connectivity index is 2.98. The summed E-state index contributed by atoms with van der Waals surface area (Å²) in [5.41, 5.74) is 0. The predicted octanol–water partition coefficient (Wildman–Crippen LogP) is -0.380. The van der Waals surface area contributed by atoms with E-state index in [2.05, 4.69) is 4.74 Å². The fourth-order valence-corrected chi connectivity index (χ4v) is 0.756. The summed E-state index contributed by atoms with van der Waals surface area (Å²) < 4.78 is 4.42. The first-order valence-electron chi connectivity index (χ1n) is 3.05. The van der Waals surface area contributed by atoms with Gasteiger partial charge in [0.1, 0.15) is 6.10 Å². The molecule has 1 aliphatic heterocycles. The van der Waals surface area contributed by atoms with Gasteiger partial charge in [-0.3, -0.25) is 0 Å². The molecule has 2 unspecified atom stereocenters. The second-order valence-electron chi connectivity index (χ2n) is 2.29. The van der Waals surface area contributed by atoms with Crippen molar-refractivity contribution in [3.05, 3.63) is 11.5 Å². The summed E-state index contributed by atoms with van der Waals surface area (Å²) in [4.78, 5) is 10.6. The Morgan fingerprint density at radius 3 is 2.55 bits per heavy atom. The second-order valence-corrected chi connectivity index (χ2v) is 2.29. The Bertz CT molecular complexity index is 219. The number of aliphatic hydroxyl groups excluding tert-OH is 3. The van der Waals surface area contributed by atoms with Crippen LogP contribution in [0.3, 0.4) is 0 Å². The van der Waals surface area contributed by atoms with Crippen molar-refractivity contribution in [1.82, 2.24) is 0 Å². The van der Waals surface area contributed by atoms with E-state index in [1.165, 1.54) is 6.92 Å². The Kier molecular flexibility index (Phi) is 1.74. The van der Waals surface area contributed by atoms with Crippen LogP contribution in [-0.4, -0.2) is 33.5 Å². The minimum absolute atomic E-state index is 0.728. The van der Waals surface area contributed by atoms with Crippen LogP contribution < -0.4 is 0 Å². The minimum atomic E-state index is -1.33. The molecule has 0 radical (unpaired) electrons. The van der Waals surface area contributed by atoms with Crippen molar-refractivity contribution >= 4 is 5.97 Å². The van der Waals surface area contributed by atoms with Gasteiger partial charge in [-0.25, -0.2) is 4.79 Å². The van der Waals surface area contributed by atoms with Gasteiger partial charge >= 0.3 is 5.97 Å². The molecule has 0 bridgehead atoms. The van der Waals surface area contributed by atoms with E-state index in [-0.39, 0.29) is 0 Å². The number of esters is 1. The number of rotatable bonds is 0. The predicted molar refractivity (Wildman–Crippen MR) is 33.8 cm³/mol. The average Bonchev–Trinajstić information content (AvgIpc) is 1.97. The number of cyclic esters (lactones) is 1. The molecule has 0 aromatic rings. The number of hydrogen-bond donors (Lipinski definition) is 3. The molecule has 0 aliphatic carbocycles. The number of carbonyl (C=O) groups is 1. The molecule has 2 atom stereocenters. The van der Waals surface area contributed by atoms with Crippen molar-refractivity contribution in [2.75, 3.05) is 0 Å². The van der Waals surface area contributed by atoms with Crippen molar-refractivity contribution in [2.45, 2.75) is 19.1 Å². The fraction of sp³-hybridized carbons (Fsp3) is 0.500. The number of carbonyl (C=O) groups excluding carboxylic acids is 1. The lowest BCUT2D eigenvalue weighted by Crippen LogP contribution is -2.37. The van der Waals surface area contributed by atoms with E-state index in [1.807, 2.05) is 0 Å². The first-order chi connectivity index (χ1) is 5.04. The molecule has 0 saturated heterocycles. The van der Waals surface area contributed by atoms with Gasteiger partial charge in [-0.05, 0) is 6.92 Å². The molecule has 1 aliphatic rings. The average molecular weight is 160 g/mol. The zero-order valence-corrected chi connectivity index (χ0v) is 5.81. The Hall–Kier alpha value is -1.23. The molecule has 0 amide bonds. The maximum atomic E-state index is 10.6. The number of ether oxygens (including phenoxy) is 1. The van der Waals surface area contributed by atoms with Crippen molar-refractivity contribution in [3.63, 3.8) is 0 Å². The Morgan fingerprint density at radius 2 is 2.00 bits per heavy atom. The van der Waals surface area contributed by atoms with Gasteiger partial charge < -0.3 is 20.1 Å². The van der Waals surface area contributed by atoms with E-state index in [9.17, 15) is 4.79 Å². The van der Waals surface area contributed by atoms with Crippen LogP contribution in [0.2, 0.25) is 0 Å². The summed E-state index contributed by atoms with van der Waals surface area (Å²) in [6, 6.07) is 0. The third-order valence-corrected chi connectivity index (χ3v) is 1.45. The molecular weight excluding hydrogens is 152 g/mol. The first kappa shape index (κ1) is 7.87. The molecule has 0 aromatic carbocycles. The van der Waals surface area contributed by atoms with Crippen molar-refractivity contribution in [3.8, 4) is 0 Å². The van der Waals surface area contributed by atoms with Gasteiger partial charge in [0.15, 0.2) is 11.9 Å². The molecule has 5 heteroatoms. The molecule has 0 aromatic heterocycles. The first-order valence-corrected chi connectivity index (χ1v) is 3.05. The lowest BCUT2D eigenvalue weighted by Gasteiger charge is -2.23. The van der Waals surface area contributed by atoms with Crippen LogP contribution in [0.25, 0.3) is 0 Å². The smallest absolute Gasteiger partial charge is 0.377 e. The van der Waals surface area contributed by atoms with Crippen LogP contribution in [0.5, 0.6) is 0 Å². The third-order valence-electron chi connectivity index (χ3n) is 1.45. The van der Waals surface area contributed by atoms with Crippen LogP contribution in [0, 0.1) is 0 Å². The normalized spacial score (nSPS) is 32.0. The summed E-state index contributed by atoms with van der Waals surface area (Å²) in [5, 5.41) is 26.6. The lowest BCUT2D eigenvalue weighted by molar-refractivity contribution is -0.156. The lowest BCUT2D eigenvalue weighted by atomic mass is 10.1. The van der Waals surface area contributed by atoms with Gasteiger partial charge in [0, 0.05) is 0 Å². The van der Waals surface area contributed by atoms with Crippen LogP contribution in [0.1, 0.15) is 6.92 Å². The second kappa shape index (κ2) is 2.43. The van der Waals surface area contributed by atoms with Gasteiger partial charge in [0.25, 0.3) is 0 Å². The van der Waals surface area contributed by atoms with E-state index in [1.54, 1.807) is 0 Å². The molecule has 3 N–H and O–H groups in total. The SMILES string of the molecule is CC1OC(=O)C(O)=C(O)C1O. The van der Waals surface area contributed by atoms with Crippen molar-refractivity contribution < 1.29 is 24.9 Å².